The van der Waals surface area contributed by atoms with Crippen LogP contribution in [0.5, 0.6) is 0 Å². The number of rotatable bonds is 2. The molecule has 3 aromatic heterocycles. The number of pyridine rings is 2. The minimum absolute atomic E-state index is 0.0249. The van der Waals surface area contributed by atoms with Crippen molar-refractivity contribution < 1.29 is 14.3 Å². The van der Waals surface area contributed by atoms with Crippen LogP contribution in [0.3, 0.4) is 0 Å². The average Bonchev–Trinajstić information content (AvgIpc) is 3.32. The number of hydrogen-bond acceptors (Lipinski definition) is 7. The van der Waals surface area contributed by atoms with Gasteiger partial charge >= 0.3 is 12.0 Å². The third-order valence-corrected chi connectivity index (χ3v) is 5.71. The number of hydrogen-bond donors (Lipinski definition) is 2. The number of anilines is 3. The molecule has 1 atom stereocenters. The van der Waals surface area contributed by atoms with Gasteiger partial charge in [-0.2, -0.15) is 5.10 Å². The van der Waals surface area contributed by atoms with Crippen LogP contribution in [0.25, 0.3) is 11.0 Å². The Kier molecular flexibility index (Phi) is 4.24. The zero-order valence-corrected chi connectivity index (χ0v) is 17.0. The molecule has 2 N–H and O–H groups in total. The summed E-state index contributed by atoms with van der Waals surface area (Å²) in [5.74, 6) is 0.0994. The van der Waals surface area contributed by atoms with E-state index in [1.165, 1.54) is 7.11 Å². The van der Waals surface area contributed by atoms with Crippen molar-refractivity contribution in [3.05, 3.63) is 34.6 Å². The Labute approximate surface area is 176 Å². The average molecular weight is 428 g/mol. The van der Waals surface area contributed by atoms with Crippen molar-refractivity contribution in [2.45, 2.75) is 19.4 Å². The molecule has 1 saturated heterocycles. The lowest BCUT2D eigenvalue weighted by molar-refractivity contribution is 0.0594. The molecule has 3 aromatic rings. The number of nitrogens with one attached hydrogen (secondary N) is 2. The number of methoxy groups -OCH3 is 1. The molecule has 0 spiro atoms. The van der Waals surface area contributed by atoms with Crippen LogP contribution in [0.2, 0.25) is 5.02 Å². The number of carbonyl (C=O) groups is 2. The highest BCUT2D eigenvalue weighted by atomic mass is 35.5. The summed E-state index contributed by atoms with van der Waals surface area (Å²) in [7, 11) is 1.26. The molecule has 0 radical (unpaired) electrons. The first-order chi connectivity index (χ1) is 14.5. The molecule has 0 unspecified atom stereocenters. The quantitative estimate of drug-likeness (QED) is 0.604. The SMILES string of the molecule is COC(=O)c1nc2c(cc1Cl)N1CC[C@@H](C1)N2C(=O)Nc1n[nH]c2nc(C)ccc12. The molecule has 2 amide bonds. The molecule has 5 rings (SSSR count). The van der Waals surface area contributed by atoms with Gasteiger partial charge in [-0.05, 0) is 31.5 Å². The van der Waals surface area contributed by atoms with Crippen molar-refractivity contribution >= 4 is 52.0 Å². The van der Waals surface area contributed by atoms with Gasteiger partial charge in [0.05, 0.1) is 29.2 Å². The zero-order chi connectivity index (χ0) is 21.0. The highest BCUT2D eigenvalue weighted by Crippen LogP contribution is 2.41. The second-order valence-electron chi connectivity index (χ2n) is 7.26. The Balaban J connectivity index is 1.54. The van der Waals surface area contributed by atoms with Crippen molar-refractivity contribution in [3.63, 3.8) is 0 Å². The standard InChI is InChI=1S/C19H18ClN7O3/c1-9-3-4-11-15(21-9)24-25-16(11)23-19(29)27-10-5-6-26(8-10)13-7-12(20)14(18(28)30-2)22-17(13)27/h3-4,7,10H,5-6,8H2,1-2H3,(H2,21,23,24,25,29)/t10-/m0/s1. The normalized spacial score (nSPS) is 17.2. The van der Waals surface area contributed by atoms with Crippen molar-refractivity contribution in [2.24, 2.45) is 0 Å². The number of amides is 2. The molecule has 2 aliphatic rings. The van der Waals surface area contributed by atoms with Crippen LogP contribution in [0.4, 0.5) is 22.1 Å². The van der Waals surface area contributed by atoms with Crippen LogP contribution in [-0.2, 0) is 4.74 Å². The van der Waals surface area contributed by atoms with Crippen LogP contribution in [0.1, 0.15) is 22.6 Å². The predicted octanol–water partition coefficient (Wildman–Crippen LogP) is 2.73. The molecule has 11 heteroatoms. The number of nitrogens with zero attached hydrogens (tertiary/aromatic N) is 5. The molecule has 5 heterocycles. The van der Waals surface area contributed by atoms with Crippen molar-refractivity contribution in [1.82, 2.24) is 20.2 Å². The number of aromatic amines is 1. The summed E-state index contributed by atoms with van der Waals surface area (Å²) in [6.45, 7) is 3.31. The van der Waals surface area contributed by atoms with Gasteiger partial charge in [0.25, 0.3) is 0 Å². The van der Waals surface area contributed by atoms with Crippen LogP contribution >= 0.6 is 11.6 Å². The van der Waals surface area contributed by atoms with E-state index in [0.29, 0.717) is 34.9 Å². The number of aromatic nitrogens is 4. The fraction of sp³-hybridized carbons (Fsp3) is 0.316. The number of ether oxygens (including phenoxy) is 1. The summed E-state index contributed by atoms with van der Waals surface area (Å²) in [4.78, 5) is 37.8. The van der Waals surface area contributed by atoms with E-state index >= 15 is 0 Å². The van der Waals surface area contributed by atoms with E-state index in [0.717, 1.165) is 18.7 Å². The Morgan fingerprint density at radius 3 is 2.97 bits per heavy atom. The largest absolute Gasteiger partial charge is 0.464 e. The van der Waals surface area contributed by atoms with E-state index in [1.54, 1.807) is 11.0 Å². The van der Waals surface area contributed by atoms with E-state index in [9.17, 15) is 9.59 Å². The van der Waals surface area contributed by atoms with Gasteiger partial charge in [-0.1, -0.05) is 11.6 Å². The highest BCUT2D eigenvalue weighted by molar-refractivity contribution is 6.33. The van der Waals surface area contributed by atoms with Gasteiger partial charge in [0.2, 0.25) is 0 Å². The minimum atomic E-state index is -0.657. The fourth-order valence-corrected chi connectivity index (χ4v) is 4.21. The van der Waals surface area contributed by atoms with Crippen LogP contribution in [0, 0.1) is 6.92 Å². The summed E-state index contributed by atoms with van der Waals surface area (Å²) < 4.78 is 4.78. The highest BCUT2D eigenvalue weighted by Gasteiger charge is 2.41. The molecule has 2 aliphatic heterocycles. The summed E-state index contributed by atoms with van der Waals surface area (Å²) in [6.07, 6.45) is 0.775. The number of urea groups is 1. The van der Waals surface area contributed by atoms with Crippen molar-refractivity contribution in [1.29, 1.82) is 0 Å². The number of halogens is 1. The molecular formula is C19H18ClN7O3. The summed E-state index contributed by atoms with van der Waals surface area (Å²) in [5, 5.41) is 10.8. The fourth-order valence-electron chi connectivity index (χ4n) is 3.98. The summed E-state index contributed by atoms with van der Waals surface area (Å²) in [5.41, 5.74) is 2.12. The molecule has 0 saturated carbocycles. The van der Waals surface area contributed by atoms with Gasteiger partial charge in [-0.15, -0.1) is 0 Å². The van der Waals surface area contributed by atoms with E-state index in [4.69, 9.17) is 16.3 Å². The minimum Gasteiger partial charge on any atom is -0.464 e. The molecule has 0 aliphatic carbocycles. The lowest BCUT2D eigenvalue weighted by Crippen LogP contribution is -2.48. The number of H-pyrrole nitrogens is 1. The Morgan fingerprint density at radius 2 is 2.17 bits per heavy atom. The third kappa shape index (κ3) is 2.83. The molecule has 2 bridgehead atoms. The first-order valence-corrected chi connectivity index (χ1v) is 9.80. The van der Waals surface area contributed by atoms with Crippen LogP contribution < -0.4 is 15.1 Å². The van der Waals surface area contributed by atoms with Gasteiger partial charge in [0.1, 0.15) is 0 Å². The van der Waals surface area contributed by atoms with Crippen molar-refractivity contribution in [2.75, 3.05) is 35.3 Å². The lowest BCUT2D eigenvalue weighted by Gasteiger charge is -2.35. The number of fused-ring (bicyclic) bond motifs is 5. The summed E-state index contributed by atoms with van der Waals surface area (Å²) in [6, 6.07) is 4.90. The maximum absolute atomic E-state index is 13.3. The maximum atomic E-state index is 13.3. The second kappa shape index (κ2) is 6.84. The third-order valence-electron chi connectivity index (χ3n) is 5.42. The molecule has 1 fully saturated rings. The van der Waals surface area contributed by atoms with Gasteiger partial charge in [0.15, 0.2) is 23.0 Å². The van der Waals surface area contributed by atoms with Crippen LogP contribution in [0.15, 0.2) is 18.2 Å². The molecular weight excluding hydrogens is 410 g/mol. The first kappa shape index (κ1) is 18.6. The van der Waals surface area contributed by atoms with E-state index < -0.39 is 5.97 Å². The monoisotopic (exact) mass is 427 g/mol. The zero-order valence-electron chi connectivity index (χ0n) is 16.3. The molecule has 10 nitrogen and oxygen atoms in total. The number of carbonyl (C=O) groups excluding carboxylic acids is 2. The van der Waals surface area contributed by atoms with Gasteiger partial charge in [0, 0.05) is 18.8 Å². The van der Waals surface area contributed by atoms with Gasteiger partial charge < -0.3 is 9.64 Å². The Hall–Kier alpha value is -3.40. The lowest BCUT2D eigenvalue weighted by atomic mass is 10.1. The Bertz CT molecular complexity index is 1190. The van der Waals surface area contributed by atoms with E-state index in [1.807, 2.05) is 19.1 Å². The van der Waals surface area contributed by atoms with Crippen molar-refractivity contribution in [3.8, 4) is 0 Å². The second-order valence-corrected chi connectivity index (χ2v) is 7.67. The molecule has 0 aromatic carbocycles. The first-order valence-electron chi connectivity index (χ1n) is 9.42. The molecule has 30 heavy (non-hydrogen) atoms. The summed E-state index contributed by atoms with van der Waals surface area (Å²) >= 11 is 6.26. The smallest absolute Gasteiger partial charge is 0.358 e. The maximum Gasteiger partial charge on any atom is 0.358 e. The topological polar surface area (TPSA) is 116 Å². The Morgan fingerprint density at radius 1 is 1.33 bits per heavy atom. The van der Waals surface area contributed by atoms with Crippen LogP contribution in [-0.4, -0.2) is 58.4 Å². The van der Waals surface area contributed by atoms with E-state index in [2.05, 4.69) is 30.4 Å². The molecule has 154 valence electrons. The van der Waals surface area contributed by atoms with E-state index in [-0.39, 0.29) is 22.8 Å². The van der Waals surface area contributed by atoms with Gasteiger partial charge in [-0.3, -0.25) is 15.3 Å². The number of esters is 1. The van der Waals surface area contributed by atoms with Gasteiger partial charge in [-0.25, -0.2) is 19.6 Å². The predicted molar refractivity (Wildman–Crippen MR) is 111 cm³/mol. The number of aryl methyl sites for hydroxylation is 1.